The number of halogens is 1. The predicted octanol–water partition coefficient (Wildman–Crippen LogP) is 2.98. The van der Waals surface area contributed by atoms with E-state index in [0.29, 0.717) is 12.4 Å². The molecular formula is C14H11ClN2O3. The number of anilines is 1. The summed E-state index contributed by atoms with van der Waals surface area (Å²) in [6, 6.07) is 8.94. The molecule has 1 unspecified atom stereocenters. The van der Waals surface area contributed by atoms with E-state index >= 15 is 0 Å². The molecule has 0 saturated heterocycles. The molecule has 6 heteroatoms. The number of aromatic nitrogens is 1. The van der Waals surface area contributed by atoms with E-state index in [2.05, 4.69) is 10.3 Å². The number of rotatable bonds is 3. The highest BCUT2D eigenvalue weighted by Crippen LogP contribution is 2.35. The van der Waals surface area contributed by atoms with Crippen LogP contribution in [0.3, 0.4) is 0 Å². The molecule has 0 amide bonds. The average molecular weight is 291 g/mol. The number of carbonyl (C=O) groups is 1. The summed E-state index contributed by atoms with van der Waals surface area (Å²) in [5.74, 6) is 0.0795. The summed E-state index contributed by atoms with van der Waals surface area (Å²) in [5, 5.41) is 12.3. The number of nitrogens with zero attached hydrogens (tertiary/aromatic N) is 1. The summed E-state index contributed by atoms with van der Waals surface area (Å²) in [6.45, 7) is 0.453. The first-order chi connectivity index (χ1) is 9.66. The summed E-state index contributed by atoms with van der Waals surface area (Å²) < 4.78 is 5.55. The Bertz CT molecular complexity index is 675. The van der Waals surface area contributed by atoms with Crippen molar-refractivity contribution in [1.82, 2.24) is 4.98 Å². The first-order valence-electron chi connectivity index (χ1n) is 6.03. The van der Waals surface area contributed by atoms with Crippen LogP contribution in [0, 0.1) is 0 Å². The summed E-state index contributed by atoms with van der Waals surface area (Å²) in [7, 11) is 0. The third kappa shape index (κ3) is 2.16. The number of nitrogens with one attached hydrogen (secondary N) is 1. The van der Waals surface area contributed by atoms with Gasteiger partial charge in [0, 0.05) is 11.8 Å². The van der Waals surface area contributed by atoms with E-state index in [-0.39, 0.29) is 16.6 Å². The maximum atomic E-state index is 11.0. The van der Waals surface area contributed by atoms with Crippen molar-refractivity contribution in [1.29, 1.82) is 0 Å². The number of carboxylic acids is 1. The first-order valence-corrected chi connectivity index (χ1v) is 6.40. The quantitative estimate of drug-likeness (QED) is 0.909. The fourth-order valence-electron chi connectivity index (χ4n) is 2.16. The number of hydrogen-bond donors (Lipinski definition) is 2. The van der Waals surface area contributed by atoms with Gasteiger partial charge in [-0.2, -0.15) is 0 Å². The summed E-state index contributed by atoms with van der Waals surface area (Å²) >= 11 is 6.06. The van der Waals surface area contributed by atoms with Crippen LogP contribution in [-0.4, -0.2) is 22.7 Å². The largest absolute Gasteiger partial charge is 0.491 e. The van der Waals surface area contributed by atoms with Gasteiger partial charge >= 0.3 is 5.97 Å². The molecule has 1 aliphatic rings. The maximum absolute atomic E-state index is 11.0. The Balaban J connectivity index is 1.90. The van der Waals surface area contributed by atoms with Crippen molar-refractivity contribution >= 4 is 23.4 Å². The molecule has 20 heavy (non-hydrogen) atoms. The first kappa shape index (κ1) is 12.7. The van der Waals surface area contributed by atoms with Crippen LogP contribution in [0.1, 0.15) is 22.0 Å². The zero-order valence-corrected chi connectivity index (χ0v) is 11.1. The van der Waals surface area contributed by atoms with Gasteiger partial charge in [-0.25, -0.2) is 9.78 Å². The molecule has 0 spiro atoms. The van der Waals surface area contributed by atoms with Gasteiger partial charge in [-0.3, -0.25) is 0 Å². The van der Waals surface area contributed by atoms with Gasteiger partial charge in [0.15, 0.2) is 0 Å². The second kappa shape index (κ2) is 5.02. The molecule has 1 atom stereocenters. The number of pyridine rings is 1. The molecule has 1 aromatic heterocycles. The molecule has 0 saturated carbocycles. The highest BCUT2D eigenvalue weighted by molar-refractivity contribution is 6.35. The SMILES string of the molecule is O=C(O)c1ccnc(NC2COc3ccccc32)c1Cl. The molecular weight excluding hydrogens is 280 g/mol. The molecule has 2 N–H and O–H groups in total. The highest BCUT2D eigenvalue weighted by Gasteiger charge is 2.25. The van der Waals surface area contributed by atoms with Crippen LogP contribution in [0.4, 0.5) is 5.82 Å². The van der Waals surface area contributed by atoms with Crippen LogP contribution in [0.25, 0.3) is 0 Å². The minimum absolute atomic E-state index is 0.0244. The van der Waals surface area contributed by atoms with E-state index in [1.165, 1.54) is 12.3 Å². The maximum Gasteiger partial charge on any atom is 0.337 e. The number of carboxylic acid groups (broad SMARTS) is 1. The second-order valence-corrected chi connectivity index (χ2v) is 4.75. The number of benzene rings is 1. The van der Waals surface area contributed by atoms with Gasteiger partial charge in [0.25, 0.3) is 0 Å². The molecule has 2 heterocycles. The monoisotopic (exact) mass is 290 g/mol. The van der Waals surface area contributed by atoms with E-state index in [1.54, 1.807) is 0 Å². The van der Waals surface area contributed by atoms with Gasteiger partial charge in [-0.1, -0.05) is 29.8 Å². The molecule has 3 rings (SSSR count). The van der Waals surface area contributed by atoms with Crippen molar-refractivity contribution < 1.29 is 14.6 Å². The van der Waals surface area contributed by atoms with E-state index in [0.717, 1.165) is 11.3 Å². The Morgan fingerprint density at radius 3 is 3.00 bits per heavy atom. The summed E-state index contributed by atoms with van der Waals surface area (Å²) in [6.07, 6.45) is 1.42. The van der Waals surface area contributed by atoms with E-state index in [4.69, 9.17) is 21.4 Å². The highest BCUT2D eigenvalue weighted by atomic mass is 35.5. The van der Waals surface area contributed by atoms with E-state index < -0.39 is 5.97 Å². The molecule has 0 fully saturated rings. The van der Waals surface area contributed by atoms with Crippen LogP contribution >= 0.6 is 11.6 Å². The molecule has 1 aromatic carbocycles. The third-order valence-electron chi connectivity index (χ3n) is 3.13. The van der Waals surface area contributed by atoms with Crippen molar-refractivity contribution in [2.24, 2.45) is 0 Å². The Morgan fingerprint density at radius 1 is 1.40 bits per heavy atom. The van der Waals surface area contributed by atoms with Crippen LogP contribution in [0.2, 0.25) is 5.02 Å². The predicted molar refractivity (Wildman–Crippen MR) is 74.5 cm³/mol. The van der Waals surface area contributed by atoms with Crippen molar-refractivity contribution in [2.45, 2.75) is 6.04 Å². The molecule has 0 bridgehead atoms. The normalized spacial score (nSPS) is 16.4. The zero-order valence-electron chi connectivity index (χ0n) is 10.3. The smallest absolute Gasteiger partial charge is 0.337 e. The van der Waals surface area contributed by atoms with Crippen LogP contribution in [0.15, 0.2) is 36.5 Å². The number of fused-ring (bicyclic) bond motifs is 1. The second-order valence-electron chi connectivity index (χ2n) is 4.37. The molecule has 0 radical (unpaired) electrons. The standard InChI is InChI=1S/C14H11ClN2O3/c15-12-9(14(18)19)5-6-16-13(12)17-10-7-20-11-4-2-1-3-8(10)11/h1-6,10H,7H2,(H,16,17)(H,18,19). The van der Waals surface area contributed by atoms with Gasteiger partial charge in [0.1, 0.15) is 18.2 Å². The lowest BCUT2D eigenvalue weighted by Crippen LogP contribution is -2.14. The van der Waals surface area contributed by atoms with Crippen molar-refractivity contribution in [3.8, 4) is 5.75 Å². The lowest BCUT2D eigenvalue weighted by atomic mass is 10.1. The third-order valence-corrected chi connectivity index (χ3v) is 3.51. The van der Waals surface area contributed by atoms with Gasteiger partial charge < -0.3 is 15.2 Å². The fraction of sp³-hybridized carbons (Fsp3) is 0.143. The molecule has 102 valence electrons. The Morgan fingerprint density at radius 2 is 2.20 bits per heavy atom. The van der Waals surface area contributed by atoms with Crippen molar-refractivity contribution in [2.75, 3.05) is 11.9 Å². The Kier molecular flexibility index (Phi) is 3.20. The number of para-hydroxylation sites is 1. The lowest BCUT2D eigenvalue weighted by Gasteiger charge is -2.14. The summed E-state index contributed by atoms with van der Waals surface area (Å²) in [5.41, 5.74) is 1.03. The van der Waals surface area contributed by atoms with Crippen molar-refractivity contribution in [3.05, 3.63) is 52.7 Å². The number of hydrogen-bond acceptors (Lipinski definition) is 4. The minimum Gasteiger partial charge on any atom is -0.491 e. The van der Waals surface area contributed by atoms with Gasteiger partial charge in [0.2, 0.25) is 0 Å². The molecule has 2 aromatic rings. The Hall–Kier alpha value is -2.27. The number of ether oxygens (including phenoxy) is 1. The lowest BCUT2D eigenvalue weighted by molar-refractivity contribution is 0.0697. The van der Waals surface area contributed by atoms with Gasteiger partial charge in [-0.15, -0.1) is 0 Å². The van der Waals surface area contributed by atoms with Gasteiger partial charge in [-0.05, 0) is 12.1 Å². The van der Waals surface area contributed by atoms with Crippen LogP contribution < -0.4 is 10.1 Å². The topological polar surface area (TPSA) is 71.5 Å². The summed E-state index contributed by atoms with van der Waals surface area (Å²) in [4.78, 5) is 15.1. The van der Waals surface area contributed by atoms with E-state index in [9.17, 15) is 4.79 Å². The van der Waals surface area contributed by atoms with Gasteiger partial charge in [0.05, 0.1) is 16.6 Å². The fourth-order valence-corrected chi connectivity index (χ4v) is 2.40. The molecule has 0 aliphatic carbocycles. The Labute approximate surface area is 120 Å². The van der Waals surface area contributed by atoms with Crippen molar-refractivity contribution in [3.63, 3.8) is 0 Å². The zero-order chi connectivity index (χ0) is 14.1. The van der Waals surface area contributed by atoms with Crippen LogP contribution in [0.5, 0.6) is 5.75 Å². The molecule has 5 nitrogen and oxygen atoms in total. The van der Waals surface area contributed by atoms with E-state index in [1.807, 2.05) is 24.3 Å². The van der Waals surface area contributed by atoms with Crippen LogP contribution in [-0.2, 0) is 0 Å². The average Bonchev–Trinajstić information content (AvgIpc) is 2.84. The minimum atomic E-state index is -1.08. The number of aromatic carboxylic acids is 1. The molecule has 1 aliphatic heterocycles.